The van der Waals surface area contributed by atoms with Crippen molar-refractivity contribution in [1.29, 1.82) is 5.26 Å². The van der Waals surface area contributed by atoms with Crippen molar-refractivity contribution in [2.24, 2.45) is 5.92 Å². The highest BCUT2D eigenvalue weighted by molar-refractivity contribution is 5.93. The lowest BCUT2D eigenvalue weighted by molar-refractivity contribution is -0.122. The zero-order valence-electron chi connectivity index (χ0n) is 11.5. The highest BCUT2D eigenvalue weighted by Crippen LogP contribution is 2.28. The molecule has 106 valence electrons. The second-order valence-corrected chi connectivity index (χ2v) is 5.25. The molecule has 0 atom stereocenters. The molecule has 1 heterocycles. The SMILES string of the molecule is N#CNC1CC(C(=O)Nc2ccn(-c3ccccc3)c2)C1. The zero-order valence-corrected chi connectivity index (χ0v) is 11.5. The van der Waals surface area contributed by atoms with Crippen LogP contribution >= 0.6 is 0 Å². The molecule has 5 nitrogen and oxygen atoms in total. The number of rotatable bonds is 4. The topological polar surface area (TPSA) is 69.8 Å². The molecule has 0 aliphatic heterocycles. The summed E-state index contributed by atoms with van der Waals surface area (Å²) in [5, 5.41) is 14.1. The van der Waals surface area contributed by atoms with Gasteiger partial charge in [-0.15, -0.1) is 0 Å². The van der Waals surface area contributed by atoms with Crippen molar-refractivity contribution < 1.29 is 4.79 Å². The van der Waals surface area contributed by atoms with Gasteiger partial charge in [-0.3, -0.25) is 4.79 Å². The number of para-hydroxylation sites is 1. The van der Waals surface area contributed by atoms with Crippen LogP contribution in [-0.4, -0.2) is 16.5 Å². The number of benzene rings is 1. The lowest BCUT2D eigenvalue weighted by atomic mass is 9.80. The Kier molecular flexibility index (Phi) is 3.61. The maximum atomic E-state index is 12.1. The van der Waals surface area contributed by atoms with Crippen LogP contribution in [0.4, 0.5) is 5.69 Å². The maximum Gasteiger partial charge on any atom is 0.227 e. The Bertz CT molecular complexity index is 665. The molecule has 2 N–H and O–H groups in total. The minimum absolute atomic E-state index is 0.00377. The summed E-state index contributed by atoms with van der Waals surface area (Å²) >= 11 is 0. The Labute approximate surface area is 123 Å². The maximum absolute atomic E-state index is 12.1. The number of amides is 1. The van der Waals surface area contributed by atoms with Crippen LogP contribution in [0.1, 0.15) is 12.8 Å². The number of nitrogens with one attached hydrogen (secondary N) is 2. The van der Waals surface area contributed by atoms with Gasteiger partial charge in [0.15, 0.2) is 6.19 Å². The van der Waals surface area contributed by atoms with E-state index in [1.807, 2.05) is 59.6 Å². The first-order valence-corrected chi connectivity index (χ1v) is 6.95. The minimum atomic E-state index is -0.00377. The Morgan fingerprint density at radius 1 is 1.24 bits per heavy atom. The smallest absolute Gasteiger partial charge is 0.227 e. The lowest BCUT2D eigenvalue weighted by Gasteiger charge is -2.32. The predicted molar refractivity (Wildman–Crippen MR) is 79.7 cm³/mol. The highest BCUT2D eigenvalue weighted by atomic mass is 16.1. The molecular weight excluding hydrogens is 264 g/mol. The van der Waals surface area contributed by atoms with Crippen LogP contribution in [0.15, 0.2) is 48.8 Å². The first kappa shape index (κ1) is 13.3. The molecule has 1 aliphatic carbocycles. The van der Waals surface area contributed by atoms with Gasteiger partial charge in [-0.05, 0) is 31.0 Å². The second-order valence-electron chi connectivity index (χ2n) is 5.25. The first-order chi connectivity index (χ1) is 10.3. The lowest BCUT2D eigenvalue weighted by Crippen LogP contribution is -2.44. The van der Waals surface area contributed by atoms with E-state index in [1.54, 1.807) is 0 Å². The molecule has 5 heteroatoms. The van der Waals surface area contributed by atoms with Gasteiger partial charge in [-0.25, -0.2) is 0 Å². The van der Waals surface area contributed by atoms with Crippen LogP contribution in [0.2, 0.25) is 0 Å². The summed E-state index contributed by atoms with van der Waals surface area (Å²) in [6.45, 7) is 0. The van der Waals surface area contributed by atoms with Gasteiger partial charge in [-0.1, -0.05) is 18.2 Å². The van der Waals surface area contributed by atoms with Crippen LogP contribution in [0.3, 0.4) is 0 Å². The molecule has 3 rings (SSSR count). The Morgan fingerprint density at radius 3 is 2.71 bits per heavy atom. The first-order valence-electron chi connectivity index (χ1n) is 6.95. The molecule has 0 radical (unpaired) electrons. The van der Waals surface area contributed by atoms with Crippen molar-refractivity contribution in [3.63, 3.8) is 0 Å². The third kappa shape index (κ3) is 2.90. The van der Waals surface area contributed by atoms with Gasteiger partial charge >= 0.3 is 0 Å². The summed E-state index contributed by atoms with van der Waals surface area (Å²) in [6, 6.07) is 12.0. The van der Waals surface area contributed by atoms with E-state index in [1.165, 1.54) is 0 Å². The van der Waals surface area contributed by atoms with Gasteiger partial charge in [-0.2, -0.15) is 5.26 Å². The number of anilines is 1. The number of carbonyl (C=O) groups excluding carboxylic acids is 1. The van der Waals surface area contributed by atoms with E-state index < -0.39 is 0 Å². The minimum Gasteiger partial charge on any atom is -0.324 e. The number of carbonyl (C=O) groups is 1. The van der Waals surface area contributed by atoms with Gasteiger partial charge in [0, 0.05) is 30.0 Å². The van der Waals surface area contributed by atoms with Crippen molar-refractivity contribution in [3.05, 3.63) is 48.8 Å². The standard InChI is InChI=1S/C16H16N4O/c17-11-18-14-8-12(9-14)16(21)19-13-6-7-20(10-13)15-4-2-1-3-5-15/h1-7,10,12,14,18H,8-9H2,(H,19,21). The highest BCUT2D eigenvalue weighted by Gasteiger charge is 2.34. The third-order valence-corrected chi connectivity index (χ3v) is 3.79. The second kappa shape index (κ2) is 5.71. The molecule has 1 fully saturated rings. The van der Waals surface area contributed by atoms with Crippen molar-refractivity contribution >= 4 is 11.6 Å². The molecule has 1 saturated carbocycles. The van der Waals surface area contributed by atoms with E-state index in [2.05, 4.69) is 10.6 Å². The summed E-state index contributed by atoms with van der Waals surface area (Å²) in [4.78, 5) is 12.1. The Hall–Kier alpha value is -2.74. The van der Waals surface area contributed by atoms with E-state index in [0.29, 0.717) is 0 Å². The van der Waals surface area contributed by atoms with Crippen LogP contribution in [0, 0.1) is 17.4 Å². The van der Waals surface area contributed by atoms with Crippen molar-refractivity contribution in [2.75, 3.05) is 5.32 Å². The molecule has 1 aromatic carbocycles. The molecule has 21 heavy (non-hydrogen) atoms. The van der Waals surface area contributed by atoms with Crippen LogP contribution in [-0.2, 0) is 4.79 Å². The number of hydrogen-bond acceptors (Lipinski definition) is 3. The monoisotopic (exact) mass is 280 g/mol. The van der Waals surface area contributed by atoms with E-state index >= 15 is 0 Å². The van der Waals surface area contributed by atoms with E-state index in [9.17, 15) is 4.79 Å². The number of aromatic nitrogens is 1. The van der Waals surface area contributed by atoms with Gasteiger partial charge in [0.25, 0.3) is 0 Å². The molecular formula is C16H16N4O. The third-order valence-electron chi connectivity index (χ3n) is 3.79. The Morgan fingerprint density at radius 2 is 2.00 bits per heavy atom. The molecule has 0 bridgehead atoms. The molecule has 0 unspecified atom stereocenters. The molecule has 1 aliphatic rings. The fourth-order valence-electron chi connectivity index (χ4n) is 2.52. The van der Waals surface area contributed by atoms with E-state index in [4.69, 9.17) is 5.26 Å². The van der Waals surface area contributed by atoms with E-state index in [-0.39, 0.29) is 17.9 Å². The summed E-state index contributed by atoms with van der Waals surface area (Å²) in [7, 11) is 0. The van der Waals surface area contributed by atoms with Gasteiger partial charge in [0.05, 0.1) is 5.69 Å². The molecule has 0 spiro atoms. The summed E-state index contributed by atoms with van der Waals surface area (Å²) in [6.07, 6.45) is 7.18. The van der Waals surface area contributed by atoms with Crippen molar-refractivity contribution in [2.45, 2.75) is 18.9 Å². The van der Waals surface area contributed by atoms with Crippen LogP contribution in [0.5, 0.6) is 0 Å². The summed E-state index contributed by atoms with van der Waals surface area (Å²) < 4.78 is 1.97. The van der Waals surface area contributed by atoms with Gasteiger partial charge < -0.3 is 15.2 Å². The van der Waals surface area contributed by atoms with Gasteiger partial charge in [0.2, 0.25) is 5.91 Å². The molecule has 1 amide bonds. The zero-order chi connectivity index (χ0) is 14.7. The van der Waals surface area contributed by atoms with E-state index in [0.717, 1.165) is 24.2 Å². The van der Waals surface area contributed by atoms with Crippen LogP contribution in [0.25, 0.3) is 5.69 Å². The number of hydrogen-bond donors (Lipinski definition) is 2. The fraction of sp³-hybridized carbons (Fsp3) is 0.250. The Balaban J connectivity index is 1.58. The normalized spacial score (nSPS) is 20.1. The number of nitriles is 1. The quantitative estimate of drug-likeness (QED) is 0.666. The molecule has 1 aromatic heterocycles. The number of nitrogens with zero attached hydrogens (tertiary/aromatic N) is 2. The predicted octanol–water partition coefficient (Wildman–Crippen LogP) is 2.27. The molecule has 0 saturated heterocycles. The average Bonchev–Trinajstić information content (AvgIpc) is 2.91. The van der Waals surface area contributed by atoms with Crippen molar-refractivity contribution in [3.8, 4) is 11.9 Å². The summed E-state index contributed by atoms with van der Waals surface area (Å²) in [5.41, 5.74) is 1.85. The molecule has 2 aromatic rings. The average molecular weight is 280 g/mol. The van der Waals surface area contributed by atoms with Gasteiger partial charge in [0.1, 0.15) is 0 Å². The van der Waals surface area contributed by atoms with Crippen molar-refractivity contribution in [1.82, 2.24) is 9.88 Å². The largest absolute Gasteiger partial charge is 0.324 e. The van der Waals surface area contributed by atoms with Crippen LogP contribution < -0.4 is 10.6 Å². The summed E-state index contributed by atoms with van der Waals surface area (Å²) in [5.74, 6) is 0.0210. The fourth-order valence-corrected chi connectivity index (χ4v) is 2.52.